The highest BCUT2D eigenvalue weighted by atomic mass is 16.6. The van der Waals surface area contributed by atoms with Crippen LogP contribution in [0.25, 0.3) is 0 Å². The van der Waals surface area contributed by atoms with E-state index in [0.717, 1.165) is 10.5 Å². The Hall–Kier alpha value is -3.29. The number of rotatable bonds is 9. The van der Waals surface area contributed by atoms with Crippen molar-refractivity contribution in [1.82, 2.24) is 4.90 Å². The van der Waals surface area contributed by atoms with Gasteiger partial charge < -0.3 is 14.9 Å². The number of nitrogens with one attached hydrogen (secondary N) is 1. The highest BCUT2D eigenvalue weighted by Gasteiger charge is 2.45. The van der Waals surface area contributed by atoms with Crippen molar-refractivity contribution >= 4 is 29.4 Å². The molecule has 1 unspecified atom stereocenters. The molecule has 0 radical (unpaired) electrons. The molecule has 0 saturated heterocycles. The summed E-state index contributed by atoms with van der Waals surface area (Å²) in [5, 5.41) is 8.50. The Bertz CT molecular complexity index is 952. The van der Waals surface area contributed by atoms with Crippen molar-refractivity contribution in [2.24, 2.45) is 10.4 Å². The maximum Gasteiger partial charge on any atom is 0.310 e. The molecular formula is C27H39N3O5. The number of esters is 1. The van der Waals surface area contributed by atoms with Gasteiger partial charge in [-0.2, -0.15) is 0 Å². The molecule has 0 aliphatic heterocycles. The molecule has 0 fully saturated rings. The summed E-state index contributed by atoms with van der Waals surface area (Å²) in [4.78, 5) is 44.1. The fourth-order valence-corrected chi connectivity index (χ4v) is 3.90. The van der Waals surface area contributed by atoms with E-state index in [2.05, 4.69) is 18.2 Å². The Labute approximate surface area is 209 Å². The number of amides is 2. The van der Waals surface area contributed by atoms with Gasteiger partial charge in [0.15, 0.2) is 5.90 Å². The van der Waals surface area contributed by atoms with Gasteiger partial charge in [0.2, 0.25) is 11.8 Å². The second kappa shape index (κ2) is 13.0. The molecule has 192 valence electrons. The van der Waals surface area contributed by atoms with Crippen LogP contribution in [0.2, 0.25) is 0 Å². The number of ether oxygens (including phenoxy) is 2. The molecule has 1 N–H and O–H groups in total. The number of imide groups is 1. The summed E-state index contributed by atoms with van der Waals surface area (Å²) in [6, 6.07) is 0. The Morgan fingerprint density at radius 2 is 1.89 bits per heavy atom. The van der Waals surface area contributed by atoms with Crippen molar-refractivity contribution in [2.45, 2.75) is 78.7 Å². The molecule has 2 amide bonds. The zero-order valence-electron chi connectivity index (χ0n) is 21.9. The molecule has 0 heterocycles. The van der Waals surface area contributed by atoms with Crippen LogP contribution < -0.4 is 0 Å². The molecule has 0 saturated carbocycles. The second-order valence-electron chi connectivity index (χ2n) is 9.51. The van der Waals surface area contributed by atoms with Crippen LogP contribution in [0.4, 0.5) is 0 Å². The van der Waals surface area contributed by atoms with E-state index in [-0.39, 0.29) is 23.8 Å². The van der Waals surface area contributed by atoms with Gasteiger partial charge in [-0.3, -0.25) is 14.4 Å². The maximum atomic E-state index is 13.9. The summed E-state index contributed by atoms with van der Waals surface area (Å²) in [6.45, 7) is 15.7. The Kier molecular flexibility index (Phi) is 11.0. The SMILES string of the molecule is C=CCC(=N/C=C(\C=C)N(C(C)=O)C(=O)C1(C(C)=N)CCC=C(CC(=O)OC(C)(C)C)CC1)OC. The van der Waals surface area contributed by atoms with Crippen LogP contribution in [0.3, 0.4) is 0 Å². The van der Waals surface area contributed by atoms with Crippen molar-refractivity contribution in [3.8, 4) is 0 Å². The van der Waals surface area contributed by atoms with Gasteiger partial charge in [-0.05, 0) is 59.5 Å². The summed E-state index contributed by atoms with van der Waals surface area (Å²) < 4.78 is 10.6. The minimum Gasteiger partial charge on any atom is -0.484 e. The van der Waals surface area contributed by atoms with Crippen molar-refractivity contribution in [3.05, 3.63) is 48.9 Å². The standard InChI is InChI=1S/C27H39N3O5/c1-9-12-23(34-8)29-18-22(10-2)30(20(4)31)25(33)27(19(3)28)15-11-13-21(14-16-27)17-24(32)35-26(5,6)7/h9-10,13,18,28H,1-2,11-12,14-17H2,3-8H3/b22-18+,28-19?,29-23?. The molecule has 35 heavy (non-hydrogen) atoms. The van der Waals surface area contributed by atoms with E-state index in [1.165, 1.54) is 26.3 Å². The van der Waals surface area contributed by atoms with Crippen molar-refractivity contribution < 1.29 is 23.9 Å². The average Bonchev–Trinajstić information content (AvgIpc) is 2.97. The van der Waals surface area contributed by atoms with E-state index >= 15 is 0 Å². The van der Waals surface area contributed by atoms with E-state index in [1.807, 2.05) is 26.8 Å². The zero-order chi connectivity index (χ0) is 26.8. The number of hydrogen-bond donors (Lipinski definition) is 1. The summed E-state index contributed by atoms with van der Waals surface area (Å²) in [5.74, 6) is -0.985. The fraction of sp³-hybridized carbons (Fsp3) is 0.519. The second-order valence-corrected chi connectivity index (χ2v) is 9.51. The van der Waals surface area contributed by atoms with E-state index in [4.69, 9.17) is 14.9 Å². The summed E-state index contributed by atoms with van der Waals surface area (Å²) in [6.07, 6.45) is 8.36. The molecule has 1 aliphatic rings. The van der Waals surface area contributed by atoms with E-state index in [1.54, 1.807) is 13.0 Å². The van der Waals surface area contributed by atoms with Gasteiger partial charge in [0.05, 0.1) is 30.8 Å². The Balaban J connectivity index is 3.27. The van der Waals surface area contributed by atoms with E-state index in [9.17, 15) is 14.4 Å². The first-order valence-corrected chi connectivity index (χ1v) is 11.7. The number of methoxy groups -OCH3 is 1. The van der Waals surface area contributed by atoms with Crippen LogP contribution in [0.15, 0.2) is 53.8 Å². The summed E-state index contributed by atoms with van der Waals surface area (Å²) >= 11 is 0. The molecule has 0 aromatic rings. The lowest BCUT2D eigenvalue weighted by molar-refractivity contribution is -0.154. The van der Waals surface area contributed by atoms with Gasteiger partial charge in [-0.15, -0.1) is 6.58 Å². The molecule has 0 spiro atoms. The topological polar surface area (TPSA) is 109 Å². The quantitative estimate of drug-likeness (QED) is 0.157. The van der Waals surface area contributed by atoms with Gasteiger partial charge in [0.1, 0.15) is 5.60 Å². The van der Waals surface area contributed by atoms with Crippen molar-refractivity contribution in [3.63, 3.8) is 0 Å². The van der Waals surface area contributed by atoms with Crippen LogP contribution in [-0.2, 0) is 23.9 Å². The first kappa shape index (κ1) is 29.7. The average molecular weight is 486 g/mol. The molecule has 0 aromatic heterocycles. The lowest BCUT2D eigenvalue weighted by atomic mass is 9.74. The van der Waals surface area contributed by atoms with E-state index < -0.39 is 22.8 Å². The van der Waals surface area contributed by atoms with Crippen LogP contribution >= 0.6 is 0 Å². The predicted molar refractivity (Wildman–Crippen MR) is 138 cm³/mol. The number of hydrogen-bond acceptors (Lipinski definition) is 7. The maximum absolute atomic E-state index is 13.9. The van der Waals surface area contributed by atoms with E-state index in [0.29, 0.717) is 38.0 Å². The third-order valence-corrected chi connectivity index (χ3v) is 5.68. The van der Waals surface area contributed by atoms with Crippen LogP contribution in [0.1, 0.15) is 73.1 Å². The zero-order valence-corrected chi connectivity index (χ0v) is 21.9. The molecule has 8 heteroatoms. The van der Waals surface area contributed by atoms with Crippen LogP contribution in [0, 0.1) is 10.8 Å². The van der Waals surface area contributed by atoms with Crippen LogP contribution in [-0.4, -0.2) is 47.0 Å². The fourth-order valence-electron chi connectivity index (χ4n) is 3.90. The number of carbonyl (C=O) groups excluding carboxylic acids is 3. The molecule has 8 nitrogen and oxygen atoms in total. The van der Waals surface area contributed by atoms with Crippen molar-refractivity contribution in [1.29, 1.82) is 5.41 Å². The molecule has 1 aliphatic carbocycles. The van der Waals surface area contributed by atoms with Gasteiger partial charge in [0, 0.05) is 19.1 Å². The molecule has 0 aromatic carbocycles. The molecular weight excluding hydrogens is 446 g/mol. The third-order valence-electron chi connectivity index (χ3n) is 5.68. The molecule has 1 atom stereocenters. The number of allylic oxidation sites excluding steroid dienone is 2. The highest BCUT2D eigenvalue weighted by Crippen LogP contribution is 2.39. The molecule has 0 bridgehead atoms. The number of aliphatic imine (C=N–C) groups is 1. The van der Waals surface area contributed by atoms with Crippen molar-refractivity contribution in [2.75, 3.05) is 7.11 Å². The van der Waals surface area contributed by atoms with Crippen LogP contribution in [0.5, 0.6) is 0 Å². The highest BCUT2D eigenvalue weighted by molar-refractivity contribution is 6.12. The largest absolute Gasteiger partial charge is 0.484 e. The summed E-state index contributed by atoms with van der Waals surface area (Å²) in [5.41, 5.74) is -0.568. The van der Waals surface area contributed by atoms with Gasteiger partial charge in [0.25, 0.3) is 0 Å². The third kappa shape index (κ3) is 8.46. The molecule has 1 rings (SSSR count). The predicted octanol–water partition coefficient (Wildman–Crippen LogP) is 5.27. The van der Waals surface area contributed by atoms with Gasteiger partial charge >= 0.3 is 5.97 Å². The normalized spacial score (nSPS) is 19.1. The monoisotopic (exact) mass is 485 g/mol. The minimum atomic E-state index is -1.20. The summed E-state index contributed by atoms with van der Waals surface area (Å²) in [7, 11) is 1.47. The van der Waals surface area contributed by atoms with Gasteiger partial charge in [-0.1, -0.05) is 24.3 Å². The first-order chi connectivity index (χ1) is 16.3. The lowest BCUT2D eigenvalue weighted by Crippen LogP contribution is -2.48. The number of carbonyl (C=O) groups is 3. The smallest absolute Gasteiger partial charge is 0.310 e. The first-order valence-electron chi connectivity index (χ1n) is 11.7. The lowest BCUT2D eigenvalue weighted by Gasteiger charge is -2.35. The Morgan fingerprint density at radius 3 is 2.37 bits per heavy atom. The van der Waals surface area contributed by atoms with Gasteiger partial charge in [-0.25, -0.2) is 9.89 Å². The number of nitrogens with zero attached hydrogens (tertiary/aromatic N) is 2. The minimum absolute atomic E-state index is 0.130. The Morgan fingerprint density at radius 1 is 1.23 bits per heavy atom.